The SMILES string of the molecule is N#Cc1cccc(NC(=O)c2ccc(F)cc2[N+](=O)[O-])c1. The topological polar surface area (TPSA) is 96.0 Å². The molecule has 0 unspecified atom stereocenters. The zero-order chi connectivity index (χ0) is 15.4. The Balaban J connectivity index is 2.32. The predicted molar refractivity (Wildman–Crippen MR) is 72.2 cm³/mol. The predicted octanol–water partition coefficient (Wildman–Crippen LogP) is 2.86. The monoisotopic (exact) mass is 285 g/mol. The van der Waals surface area contributed by atoms with Crippen molar-refractivity contribution in [3.63, 3.8) is 0 Å². The van der Waals surface area contributed by atoms with Crippen molar-refractivity contribution in [2.24, 2.45) is 0 Å². The summed E-state index contributed by atoms with van der Waals surface area (Å²) in [5.41, 5.74) is -0.230. The van der Waals surface area contributed by atoms with E-state index in [4.69, 9.17) is 5.26 Å². The van der Waals surface area contributed by atoms with Crippen LogP contribution in [-0.2, 0) is 0 Å². The van der Waals surface area contributed by atoms with Crippen molar-refractivity contribution in [2.75, 3.05) is 5.32 Å². The first-order valence-corrected chi connectivity index (χ1v) is 5.76. The van der Waals surface area contributed by atoms with Gasteiger partial charge < -0.3 is 5.32 Å². The highest BCUT2D eigenvalue weighted by Crippen LogP contribution is 2.21. The van der Waals surface area contributed by atoms with Gasteiger partial charge in [0.15, 0.2) is 0 Å². The summed E-state index contributed by atoms with van der Waals surface area (Å²) >= 11 is 0. The number of benzene rings is 2. The van der Waals surface area contributed by atoms with E-state index in [1.807, 2.05) is 6.07 Å². The van der Waals surface area contributed by atoms with E-state index >= 15 is 0 Å². The Morgan fingerprint density at radius 2 is 2.05 bits per heavy atom. The van der Waals surface area contributed by atoms with Crippen LogP contribution >= 0.6 is 0 Å². The molecule has 0 radical (unpaired) electrons. The minimum absolute atomic E-state index is 0.260. The summed E-state index contributed by atoms with van der Waals surface area (Å²) in [7, 11) is 0. The minimum atomic E-state index is -0.830. The number of nitro benzene ring substituents is 1. The van der Waals surface area contributed by atoms with Gasteiger partial charge in [-0.1, -0.05) is 6.07 Å². The molecule has 2 aromatic rings. The van der Waals surface area contributed by atoms with Crippen LogP contribution in [0, 0.1) is 27.3 Å². The van der Waals surface area contributed by atoms with Crippen molar-refractivity contribution in [2.45, 2.75) is 0 Å². The number of halogens is 1. The second kappa shape index (κ2) is 5.79. The van der Waals surface area contributed by atoms with Gasteiger partial charge in [-0.2, -0.15) is 5.26 Å². The number of hydrogen-bond acceptors (Lipinski definition) is 4. The zero-order valence-electron chi connectivity index (χ0n) is 10.5. The van der Waals surface area contributed by atoms with Crippen molar-refractivity contribution >= 4 is 17.3 Å². The molecular weight excluding hydrogens is 277 g/mol. The molecule has 1 N–H and O–H groups in total. The molecule has 0 spiro atoms. The Labute approximate surface area is 118 Å². The van der Waals surface area contributed by atoms with Crippen molar-refractivity contribution < 1.29 is 14.1 Å². The maximum Gasteiger partial charge on any atom is 0.285 e. The molecule has 6 nitrogen and oxygen atoms in total. The quantitative estimate of drug-likeness (QED) is 0.692. The Morgan fingerprint density at radius 3 is 2.71 bits per heavy atom. The zero-order valence-corrected chi connectivity index (χ0v) is 10.5. The number of carbonyl (C=O) groups is 1. The molecule has 2 aromatic carbocycles. The van der Waals surface area contributed by atoms with Gasteiger partial charge in [0.25, 0.3) is 11.6 Å². The Kier molecular flexibility index (Phi) is 3.90. The van der Waals surface area contributed by atoms with Crippen molar-refractivity contribution in [1.82, 2.24) is 0 Å². The first-order chi connectivity index (χ1) is 10.0. The molecule has 0 saturated heterocycles. The van der Waals surface area contributed by atoms with E-state index in [-0.39, 0.29) is 5.56 Å². The lowest BCUT2D eigenvalue weighted by Gasteiger charge is -2.06. The molecular formula is C14H8FN3O3. The molecule has 0 heterocycles. The van der Waals surface area contributed by atoms with Gasteiger partial charge in [-0.05, 0) is 30.3 Å². The summed E-state index contributed by atoms with van der Waals surface area (Å²) in [5.74, 6) is -1.55. The summed E-state index contributed by atoms with van der Waals surface area (Å²) in [6.45, 7) is 0. The van der Waals surface area contributed by atoms with E-state index in [9.17, 15) is 19.3 Å². The van der Waals surface area contributed by atoms with Crippen molar-refractivity contribution in [1.29, 1.82) is 5.26 Å². The van der Waals surface area contributed by atoms with Gasteiger partial charge in [0.2, 0.25) is 0 Å². The Morgan fingerprint density at radius 1 is 1.29 bits per heavy atom. The largest absolute Gasteiger partial charge is 0.322 e. The van der Waals surface area contributed by atoms with E-state index in [0.717, 1.165) is 12.1 Å². The highest BCUT2D eigenvalue weighted by Gasteiger charge is 2.21. The number of nitro groups is 1. The summed E-state index contributed by atoms with van der Waals surface area (Å²) in [6.07, 6.45) is 0. The van der Waals surface area contributed by atoms with E-state index in [2.05, 4.69) is 5.32 Å². The lowest BCUT2D eigenvalue weighted by Crippen LogP contribution is -2.14. The normalized spacial score (nSPS) is 9.71. The number of hydrogen-bond donors (Lipinski definition) is 1. The second-order valence-corrected chi connectivity index (χ2v) is 4.07. The lowest BCUT2D eigenvalue weighted by molar-refractivity contribution is -0.385. The Hall–Kier alpha value is -3.27. The Bertz CT molecular complexity index is 768. The standard InChI is InChI=1S/C14H8FN3O3/c15-10-4-5-12(13(7-10)18(20)21)14(19)17-11-3-1-2-9(6-11)8-16/h1-7H,(H,17,19). The average Bonchev–Trinajstić information content (AvgIpc) is 2.47. The van der Waals surface area contributed by atoms with Gasteiger partial charge in [-0.15, -0.1) is 0 Å². The van der Waals surface area contributed by atoms with Gasteiger partial charge in [-0.3, -0.25) is 14.9 Å². The summed E-state index contributed by atoms with van der Waals surface area (Å²) in [5, 5.41) is 22.0. The first kappa shape index (κ1) is 14.1. The van der Waals surface area contributed by atoms with Crippen molar-refractivity contribution in [3.8, 4) is 6.07 Å². The third-order valence-corrected chi connectivity index (χ3v) is 2.65. The minimum Gasteiger partial charge on any atom is -0.322 e. The van der Waals surface area contributed by atoms with Crippen LogP contribution < -0.4 is 5.32 Å². The fourth-order valence-electron chi connectivity index (χ4n) is 1.71. The van der Waals surface area contributed by atoms with Gasteiger partial charge in [0.1, 0.15) is 11.4 Å². The second-order valence-electron chi connectivity index (χ2n) is 4.07. The van der Waals surface area contributed by atoms with E-state index < -0.39 is 22.3 Å². The molecule has 0 saturated carbocycles. The van der Waals surface area contributed by atoms with Gasteiger partial charge in [0, 0.05) is 5.69 Å². The summed E-state index contributed by atoms with van der Waals surface area (Å²) in [4.78, 5) is 22.0. The maximum atomic E-state index is 13.0. The van der Waals surface area contributed by atoms with Crippen LogP contribution in [0.25, 0.3) is 0 Å². The highest BCUT2D eigenvalue weighted by molar-refractivity contribution is 6.07. The molecule has 0 aliphatic rings. The third-order valence-electron chi connectivity index (χ3n) is 2.65. The van der Waals surface area contributed by atoms with Crippen LogP contribution in [0.5, 0.6) is 0 Å². The number of carbonyl (C=O) groups excluding carboxylic acids is 1. The molecule has 0 aromatic heterocycles. The fraction of sp³-hybridized carbons (Fsp3) is 0. The number of nitrogens with zero attached hydrogens (tertiary/aromatic N) is 2. The van der Waals surface area contributed by atoms with Gasteiger partial charge >= 0.3 is 0 Å². The molecule has 0 aliphatic carbocycles. The smallest absolute Gasteiger partial charge is 0.285 e. The number of nitriles is 1. The first-order valence-electron chi connectivity index (χ1n) is 5.76. The highest BCUT2D eigenvalue weighted by atomic mass is 19.1. The van der Waals surface area contributed by atoms with Crippen LogP contribution in [0.15, 0.2) is 42.5 Å². The number of nitrogens with one attached hydrogen (secondary N) is 1. The van der Waals surface area contributed by atoms with Crippen LogP contribution in [0.4, 0.5) is 15.8 Å². The molecule has 2 rings (SSSR count). The van der Waals surface area contributed by atoms with Crippen LogP contribution in [-0.4, -0.2) is 10.8 Å². The van der Waals surface area contributed by atoms with Gasteiger partial charge in [-0.25, -0.2) is 4.39 Å². The number of amides is 1. The molecule has 104 valence electrons. The van der Waals surface area contributed by atoms with Crippen molar-refractivity contribution in [3.05, 3.63) is 69.5 Å². The summed E-state index contributed by atoms with van der Waals surface area (Å²) < 4.78 is 13.0. The molecule has 0 atom stereocenters. The van der Waals surface area contributed by atoms with Crippen LogP contribution in [0.1, 0.15) is 15.9 Å². The molecule has 7 heteroatoms. The molecule has 0 aliphatic heterocycles. The van der Waals surface area contributed by atoms with Crippen LogP contribution in [0.2, 0.25) is 0 Å². The van der Waals surface area contributed by atoms with E-state index in [1.54, 1.807) is 12.1 Å². The number of anilines is 1. The third kappa shape index (κ3) is 3.19. The molecule has 1 amide bonds. The van der Waals surface area contributed by atoms with E-state index in [1.165, 1.54) is 12.1 Å². The molecule has 21 heavy (non-hydrogen) atoms. The average molecular weight is 285 g/mol. The van der Waals surface area contributed by atoms with Crippen LogP contribution in [0.3, 0.4) is 0 Å². The summed E-state index contributed by atoms with van der Waals surface area (Å²) in [6, 6.07) is 10.7. The van der Waals surface area contributed by atoms with Gasteiger partial charge in [0.05, 0.1) is 22.6 Å². The lowest BCUT2D eigenvalue weighted by atomic mass is 10.1. The van der Waals surface area contributed by atoms with E-state index in [0.29, 0.717) is 17.3 Å². The molecule has 0 fully saturated rings. The molecule has 0 bridgehead atoms. The fourth-order valence-corrected chi connectivity index (χ4v) is 1.71. The maximum absolute atomic E-state index is 13.0. The number of rotatable bonds is 3.